The van der Waals surface area contributed by atoms with Gasteiger partial charge >= 0.3 is 0 Å². The number of rotatable bonds is 5. The van der Waals surface area contributed by atoms with Crippen LogP contribution >= 0.6 is 0 Å². The average molecular weight is 224 g/mol. The molecule has 1 heterocycles. The summed E-state index contributed by atoms with van der Waals surface area (Å²) in [5.41, 5.74) is 5.72. The van der Waals surface area contributed by atoms with E-state index in [0.717, 1.165) is 30.3 Å². The van der Waals surface area contributed by atoms with Gasteiger partial charge in [-0.3, -0.25) is 0 Å². The molecule has 2 fully saturated rings. The van der Waals surface area contributed by atoms with Crippen molar-refractivity contribution in [2.24, 2.45) is 23.5 Å². The van der Waals surface area contributed by atoms with Crippen LogP contribution in [-0.4, -0.2) is 19.1 Å². The first-order valence-electron chi connectivity index (χ1n) is 7.28. The summed E-state index contributed by atoms with van der Waals surface area (Å²) in [5.74, 6) is 2.83. The van der Waals surface area contributed by atoms with Crippen molar-refractivity contribution in [2.45, 2.75) is 57.9 Å². The van der Waals surface area contributed by atoms with Crippen LogP contribution in [0.5, 0.6) is 0 Å². The Morgan fingerprint density at radius 1 is 1.25 bits per heavy atom. The maximum absolute atomic E-state index is 5.72. The zero-order chi connectivity index (χ0) is 11.4. The molecule has 4 atom stereocenters. The molecular weight excluding hydrogens is 196 g/mol. The van der Waals surface area contributed by atoms with E-state index < -0.39 is 0 Å². The van der Waals surface area contributed by atoms with E-state index in [4.69, 9.17) is 5.73 Å². The molecule has 3 N–H and O–H groups in total. The minimum Gasteiger partial charge on any atom is -0.330 e. The van der Waals surface area contributed by atoms with E-state index in [1.807, 2.05) is 0 Å². The van der Waals surface area contributed by atoms with Crippen LogP contribution in [0.3, 0.4) is 0 Å². The van der Waals surface area contributed by atoms with Crippen LogP contribution in [0.4, 0.5) is 0 Å². The van der Waals surface area contributed by atoms with Gasteiger partial charge in [-0.1, -0.05) is 26.2 Å². The van der Waals surface area contributed by atoms with E-state index in [1.165, 1.54) is 51.5 Å². The molecule has 0 aromatic rings. The summed E-state index contributed by atoms with van der Waals surface area (Å²) >= 11 is 0. The zero-order valence-corrected chi connectivity index (χ0v) is 10.8. The molecular formula is C14H28N2. The molecule has 2 nitrogen and oxygen atoms in total. The maximum Gasteiger partial charge on any atom is 0.00987 e. The fraction of sp³-hybridized carbons (Fsp3) is 1.00. The Morgan fingerprint density at radius 2 is 2.12 bits per heavy atom. The van der Waals surface area contributed by atoms with Crippen molar-refractivity contribution in [3.8, 4) is 0 Å². The van der Waals surface area contributed by atoms with Gasteiger partial charge in [-0.25, -0.2) is 0 Å². The lowest BCUT2D eigenvalue weighted by Crippen LogP contribution is -2.34. The van der Waals surface area contributed by atoms with E-state index in [1.54, 1.807) is 0 Å². The first-order chi connectivity index (χ1) is 7.85. The third-order valence-electron chi connectivity index (χ3n) is 4.76. The van der Waals surface area contributed by atoms with Crippen LogP contribution < -0.4 is 11.1 Å². The van der Waals surface area contributed by atoms with Crippen LogP contribution in [0.15, 0.2) is 0 Å². The highest BCUT2D eigenvalue weighted by atomic mass is 15.0. The van der Waals surface area contributed by atoms with E-state index in [2.05, 4.69) is 12.2 Å². The molecule has 2 rings (SSSR count). The number of nitrogens with one attached hydrogen (secondary N) is 1. The van der Waals surface area contributed by atoms with Gasteiger partial charge in [-0.2, -0.15) is 0 Å². The van der Waals surface area contributed by atoms with Crippen molar-refractivity contribution in [2.75, 3.05) is 13.1 Å². The van der Waals surface area contributed by atoms with Gasteiger partial charge in [-0.05, 0) is 56.5 Å². The van der Waals surface area contributed by atoms with Crippen molar-refractivity contribution in [1.82, 2.24) is 5.32 Å². The quantitative estimate of drug-likeness (QED) is 0.753. The van der Waals surface area contributed by atoms with Crippen LogP contribution in [-0.2, 0) is 0 Å². The predicted molar refractivity (Wildman–Crippen MR) is 69.3 cm³/mol. The lowest BCUT2D eigenvalue weighted by Gasteiger charge is -2.34. The molecule has 1 saturated carbocycles. The summed E-state index contributed by atoms with van der Waals surface area (Å²) in [4.78, 5) is 0. The third kappa shape index (κ3) is 2.78. The fourth-order valence-corrected chi connectivity index (χ4v) is 3.81. The molecule has 0 amide bonds. The summed E-state index contributed by atoms with van der Waals surface area (Å²) in [6, 6.07) is 0.828. The van der Waals surface area contributed by atoms with E-state index in [9.17, 15) is 0 Å². The van der Waals surface area contributed by atoms with Crippen LogP contribution in [0.25, 0.3) is 0 Å². The molecule has 1 aliphatic carbocycles. The second kappa shape index (κ2) is 6.02. The van der Waals surface area contributed by atoms with Crippen LogP contribution in [0.1, 0.15) is 51.9 Å². The summed E-state index contributed by atoms with van der Waals surface area (Å²) in [7, 11) is 0. The van der Waals surface area contributed by atoms with Crippen molar-refractivity contribution >= 4 is 0 Å². The van der Waals surface area contributed by atoms with Crippen molar-refractivity contribution in [3.05, 3.63) is 0 Å². The van der Waals surface area contributed by atoms with Gasteiger partial charge < -0.3 is 11.1 Å². The smallest absolute Gasteiger partial charge is 0.00987 e. The Labute approximate surface area is 100 Å². The predicted octanol–water partition coefficient (Wildman–Crippen LogP) is 2.53. The Balaban J connectivity index is 1.84. The highest BCUT2D eigenvalue weighted by Crippen LogP contribution is 2.40. The van der Waals surface area contributed by atoms with Gasteiger partial charge in [-0.15, -0.1) is 0 Å². The van der Waals surface area contributed by atoms with Gasteiger partial charge in [0.15, 0.2) is 0 Å². The molecule has 2 heteroatoms. The number of nitrogens with two attached hydrogens (primary N) is 1. The van der Waals surface area contributed by atoms with E-state index in [0.29, 0.717) is 0 Å². The van der Waals surface area contributed by atoms with Gasteiger partial charge in [0.25, 0.3) is 0 Å². The molecule has 2 aliphatic rings. The minimum atomic E-state index is 0.828. The van der Waals surface area contributed by atoms with Crippen molar-refractivity contribution < 1.29 is 0 Å². The topological polar surface area (TPSA) is 38.0 Å². The van der Waals surface area contributed by atoms with Gasteiger partial charge in [0.1, 0.15) is 0 Å². The lowest BCUT2D eigenvalue weighted by molar-refractivity contribution is 0.196. The molecule has 0 radical (unpaired) electrons. The first-order valence-corrected chi connectivity index (χ1v) is 7.28. The molecule has 1 aliphatic heterocycles. The molecule has 94 valence electrons. The van der Waals surface area contributed by atoms with Crippen molar-refractivity contribution in [3.63, 3.8) is 0 Å². The van der Waals surface area contributed by atoms with Crippen LogP contribution in [0.2, 0.25) is 0 Å². The molecule has 0 bridgehead atoms. The Hall–Kier alpha value is -0.0800. The van der Waals surface area contributed by atoms with E-state index >= 15 is 0 Å². The highest BCUT2D eigenvalue weighted by Gasteiger charge is 2.39. The number of hydrogen-bond donors (Lipinski definition) is 2. The molecule has 1 saturated heterocycles. The standard InChI is InChI=1S/C14H28N2/c1-2-3-4-11-5-6-14-13(9-11)12(7-8-15)10-16-14/h11-14,16H,2-10,15H2,1H3. The van der Waals surface area contributed by atoms with Gasteiger partial charge in [0, 0.05) is 6.04 Å². The fourth-order valence-electron chi connectivity index (χ4n) is 3.81. The highest BCUT2D eigenvalue weighted by molar-refractivity contribution is 4.94. The molecule has 0 aromatic heterocycles. The van der Waals surface area contributed by atoms with Crippen LogP contribution in [0, 0.1) is 17.8 Å². The van der Waals surface area contributed by atoms with Gasteiger partial charge in [0.2, 0.25) is 0 Å². The number of fused-ring (bicyclic) bond motifs is 1. The molecule has 0 aromatic carbocycles. The first kappa shape index (κ1) is 12.4. The molecule has 4 unspecified atom stereocenters. The van der Waals surface area contributed by atoms with E-state index in [-0.39, 0.29) is 0 Å². The zero-order valence-electron chi connectivity index (χ0n) is 10.8. The summed E-state index contributed by atoms with van der Waals surface area (Å²) < 4.78 is 0. The third-order valence-corrected chi connectivity index (χ3v) is 4.76. The minimum absolute atomic E-state index is 0.828. The summed E-state index contributed by atoms with van der Waals surface area (Å²) in [5, 5.41) is 3.71. The largest absolute Gasteiger partial charge is 0.330 e. The average Bonchev–Trinajstić information content (AvgIpc) is 2.70. The Morgan fingerprint density at radius 3 is 2.88 bits per heavy atom. The second-order valence-electron chi connectivity index (χ2n) is 5.84. The summed E-state index contributed by atoms with van der Waals surface area (Å²) in [6.45, 7) is 4.40. The van der Waals surface area contributed by atoms with Crippen molar-refractivity contribution in [1.29, 1.82) is 0 Å². The molecule has 0 spiro atoms. The summed E-state index contributed by atoms with van der Waals surface area (Å²) in [6.07, 6.45) is 9.84. The monoisotopic (exact) mass is 224 g/mol. The normalized spacial score (nSPS) is 38.6. The van der Waals surface area contributed by atoms with Gasteiger partial charge in [0.05, 0.1) is 0 Å². The SMILES string of the molecule is CCCCC1CCC2NCC(CCN)C2C1. The Kier molecular flexibility index (Phi) is 4.66. The Bertz CT molecular complexity index is 205. The number of hydrogen-bond acceptors (Lipinski definition) is 2. The second-order valence-corrected chi connectivity index (χ2v) is 5.84. The maximum atomic E-state index is 5.72. The molecule has 16 heavy (non-hydrogen) atoms. The number of unbranched alkanes of at least 4 members (excludes halogenated alkanes) is 1. The lowest BCUT2D eigenvalue weighted by atomic mass is 9.72.